The van der Waals surface area contributed by atoms with Crippen molar-refractivity contribution in [1.29, 1.82) is 0 Å². The summed E-state index contributed by atoms with van der Waals surface area (Å²) in [6.07, 6.45) is 0. The Balaban J connectivity index is 2.32. The second-order valence-corrected chi connectivity index (χ2v) is 3.56. The molecule has 7 heteroatoms. The van der Waals surface area contributed by atoms with Gasteiger partial charge in [-0.05, 0) is 12.1 Å². The number of rotatable bonds is 5. The van der Waals surface area contributed by atoms with Crippen LogP contribution < -0.4 is 4.74 Å². The number of aromatic carboxylic acids is 1. The first-order valence-electron chi connectivity index (χ1n) is 5.22. The van der Waals surface area contributed by atoms with Gasteiger partial charge in [0.05, 0.1) is 5.56 Å². The van der Waals surface area contributed by atoms with Gasteiger partial charge in [-0.1, -0.05) is 17.3 Å². The summed E-state index contributed by atoms with van der Waals surface area (Å²) in [4.78, 5) is 21.2. The van der Waals surface area contributed by atoms with E-state index in [1.165, 1.54) is 6.07 Å². The van der Waals surface area contributed by atoms with Gasteiger partial charge in [0, 0.05) is 6.07 Å². The molecule has 1 aromatic heterocycles. The average Bonchev–Trinajstić information content (AvgIpc) is 2.86. The fourth-order valence-corrected chi connectivity index (χ4v) is 1.44. The number of benzene rings is 1. The van der Waals surface area contributed by atoms with Gasteiger partial charge in [-0.15, -0.1) is 0 Å². The van der Waals surface area contributed by atoms with Crippen molar-refractivity contribution in [2.24, 2.45) is 0 Å². The second-order valence-electron chi connectivity index (χ2n) is 3.56. The number of para-hydroxylation sites is 1. The largest absolute Gasteiger partial charge is 0.481 e. The SMILES string of the molecule is O=C(O)COc1ccccc1-c1cc(C(=O)O)no1. The molecule has 2 aromatic rings. The quantitative estimate of drug-likeness (QED) is 0.840. The number of carboxylic acids is 2. The number of hydrogen-bond donors (Lipinski definition) is 2. The van der Waals surface area contributed by atoms with Crippen LogP contribution in [0.3, 0.4) is 0 Å². The first kappa shape index (κ1) is 12.6. The number of aromatic nitrogens is 1. The number of aliphatic carboxylic acids is 1. The van der Waals surface area contributed by atoms with Crippen LogP contribution in [0.5, 0.6) is 5.75 Å². The molecular weight excluding hydrogens is 254 g/mol. The second kappa shape index (κ2) is 5.21. The van der Waals surface area contributed by atoms with E-state index in [1.54, 1.807) is 24.3 Å². The Kier molecular flexibility index (Phi) is 3.46. The molecule has 0 aliphatic heterocycles. The smallest absolute Gasteiger partial charge is 0.358 e. The number of nitrogens with zero attached hydrogens (tertiary/aromatic N) is 1. The van der Waals surface area contributed by atoms with E-state index in [2.05, 4.69) is 5.16 Å². The maximum Gasteiger partial charge on any atom is 0.358 e. The first-order valence-corrected chi connectivity index (χ1v) is 5.22. The molecule has 0 atom stereocenters. The van der Waals surface area contributed by atoms with Crippen LogP contribution in [0.15, 0.2) is 34.9 Å². The molecule has 0 unspecified atom stereocenters. The van der Waals surface area contributed by atoms with Crippen LogP contribution in [0, 0.1) is 0 Å². The minimum Gasteiger partial charge on any atom is -0.481 e. The lowest BCUT2D eigenvalue weighted by atomic mass is 10.1. The molecule has 0 spiro atoms. The van der Waals surface area contributed by atoms with Crippen LogP contribution >= 0.6 is 0 Å². The van der Waals surface area contributed by atoms with E-state index in [-0.39, 0.29) is 17.2 Å². The van der Waals surface area contributed by atoms with Crippen molar-refractivity contribution in [2.45, 2.75) is 0 Å². The van der Waals surface area contributed by atoms with E-state index >= 15 is 0 Å². The fraction of sp³-hybridized carbons (Fsp3) is 0.0833. The molecule has 0 bridgehead atoms. The molecule has 0 saturated carbocycles. The lowest BCUT2D eigenvalue weighted by Crippen LogP contribution is -2.09. The van der Waals surface area contributed by atoms with Gasteiger partial charge >= 0.3 is 11.9 Å². The molecule has 0 fully saturated rings. The maximum atomic E-state index is 10.7. The zero-order valence-electron chi connectivity index (χ0n) is 9.57. The molecule has 0 aliphatic carbocycles. The molecule has 0 saturated heterocycles. The van der Waals surface area contributed by atoms with Gasteiger partial charge in [-0.25, -0.2) is 9.59 Å². The molecule has 2 rings (SSSR count). The molecule has 0 radical (unpaired) electrons. The third kappa shape index (κ3) is 2.89. The van der Waals surface area contributed by atoms with Gasteiger partial charge in [-0.2, -0.15) is 0 Å². The zero-order valence-corrected chi connectivity index (χ0v) is 9.57. The number of carbonyl (C=O) groups is 2. The zero-order chi connectivity index (χ0) is 13.8. The summed E-state index contributed by atoms with van der Waals surface area (Å²) in [6.45, 7) is -0.503. The van der Waals surface area contributed by atoms with Crippen molar-refractivity contribution in [3.63, 3.8) is 0 Å². The first-order chi connectivity index (χ1) is 9.08. The molecular formula is C12H9NO6. The van der Waals surface area contributed by atoms with Crippen LogP contribution in [-0.4, -0.2) is 33.9 Å². The monoisotopic (exact) mass is 263 g/mol. The van der Waals surface area contributed by atoms with Gasteiger partial charge in [0.1, 0.15) is 5.75 Å². The number of hydrogen-bond acceptors (Lipinski definition) is 5. The van der Waals surface area contributed by atoms with E-state index in [9.17, 15) is 9.59 Å². The summed E-state index contributed by atoms with van der Waals surface area (Å²) in [5.41, 5.74) is 0.201. The topological polar surface area (TPSA) is 110 Å². The van der Waals surface area contributed by atoms with Gasteiger partial charge in [-0.3, -0.25) is 0 Å². The summed E-state index contributed by atoms with van der Waals surface area (Å²) in [6, 6.07) is 7.76. The van der Waals surface area contributed by atoms with Crippen LogP contribution in [0.4, 0.5) is 0 Å². The Morgan fingerprint density at radius 1 is 1.26 bits per heavy atom. The van der Waals surface area contributed by atoms with Crippen molar-refractivity contribution >= 4 is 11.9 Å². The van der Waals surface area contributed by atoms with Crippen LogP contribution in [-0.2, 0) is 4.79 Å². The Labute approximate surface area is 107 Å². The van der Waals surface area contributed by atoms with Crippen molar-refractivity contribution < 1.29 is 29.1 Å². The molecule has 98 valence electrons. The van der Waals surface area contributed by atoms with Gasteiger partial charge < -0.3 is 19.5 Å². The van der Waals surface area contributed by atoms with E-state index < -0.39 is 18.5 Å². The van der Waals surface area contributed by atoms with E-state index in [4.69, 9.17) is 19.5 Å². The average molecular weight is 263 g/mol. The lowest BCUT2D eigenvalue weighted by molar-refractivity contribution is -0.139. The molecule has 19 heavy (non-hydrogen) atoms. The molecule has 2 N–H and O–H groups in total. The van der Waals surface area contributed by atoms with Crippen LogP contribution in [0.2, 0.25) is 0 Å². The predicted octanol–water partition coefficient (Wildman–Crippen LogP) is 1.50. The minimum atomic E-state index is -1.21. The molecule has 1 aromatic carbocycles. The van der Waals surface area contributed by atoms with E-state index in [1.807, 2.05) is 0 Å². The van der Waals surface area contributed by atoms with Crippen molar-refractivity contribution in [2.75, 3.05) is 6.61 Å². The highest BCUT2D eigenvalue weighted by atomic mass is 16.5. The minimum absolute atomic E-state index is 0.193. The third-order valence-electron chi connectivity index (χ3n) is 2.23. The number of ether oxygens (including phenoxy) is 1. The Bertz CT molecular complexity index is 618. The lowest BCUT2D eigenvalue weighted by Gasteiger charge is -2.06. The normalized spacial score (nSPS) is 10.1. The van der Waals surface area contributed by atoms with Crippen molar-refractivity contribution in [1.82, 2.24) is 5.16 Å². The highest BCUT2D eigenvalue weighted by Crippen LogP contribution is 2.30. The summed E-state index contributed by atoms with van der Waals surface area (Å²) in [5.74, 6) is -1.85. The summed E-state index contributed by atoms with van der Waals surface area (Å²) >= 11 is 0. The predicted molar refractivity (Wildman–Crippen MR) is 62.0 cm³/mol. The summed E-state index contributed by atoms with van der Waals surface area (Å²) < 4.78 is 9.99. The van der Waals surface area contributed by atoms with Crippen molar-refractivity contribution in [3.05, 3.63) is 36.0 Å². The van der Waals surface area contributed by atoms with E-state index in [0.29, 0.717) is 5.56 Å². The fourth-order valence-electron chi connectivity index (χ4n) is 1.44. The van der Waals surface area contributed by atoms with Crippen molar-refractivity contribution in [3.8, 4) is 17.1 Å². The molecule has 1 heterocycles. The standard InChI is InChI=1S/C12H9NO6/c14-11(15)6-18-9-4-2-1-3-7(9)10-5-8(12(16)17)13-19-10/h1-5H,6H2,(H,14,15)(H,16,17). The summed E-state index contributed by atoms with van der Waals surface area (Å²) in [5, 5.41) is 20.7. The van der Waals surface area contributed by atoms with Gasteiger partial charge in [0.15, 0.2) is 18.1 Å². The van der Waals surface area contributed by atoms with Crippen LogP contribution in [0.1, 0.15) is 10.5 Å². The number of carboxylic acid groups (broad SMARTS) is 2. The maximum absolute atomic E-state index is 10.7. The Morgan fingerprint density at radius 3 is 2.63 bits per heavy atom. The molecule has 7 nitrogen and oxygen atoms in total. The summed E-state index contributed by atoms with van der Waals surface area (Å²) in [7, 11) is 0. The highest BCUT2D eigenvalue weighted by molar-refractivity contribution is 5.86. The highest BCUT2D eigenvalue weighted by Gasteiger charge is 2.15. The molecule has 0 amide bonds. The Hall–Kier alpha value is -2.83. The van der Waals surface area contributed by atoms with Crippen LogP contribution in [0.25, 0.3) is 11.3 Å². The third-order valence-corrected chi connectivity index (χ3v) is 2.23. The van der Waals surface area contributed by atoms with Gasteiger partial charge in [0.25, 0.3) is 0 Å². The van der Waals surface area contributed by atoms with E-state index in [0.717, 1.165) is 0 Å². The van der Waals surface area contributed by atoms with Gasteiger partial charge in [0.2, 0.25) is 0 Å². The molecule has 0 aliphatic rings. The Morgan fingerprint density at radius 2 is 2.00 bits per heavy atom.